The first-order valence-corrected chi connectivity index (χ1v) is 9.53. The topological polar surface area (TPSA) is 53.2 Å². The minimum absolute atomic E-state index is 0.149. The van der Waals surface area contributed by atoms with Crippen molar-refractivity contribution >= 4 is 5.91 Å². The lowest BCUT2D eigenvalue weighted by atomic mass is 9.93. The predicted molar refractivity (Wildman–Crippen MR) is 104 cm³/mol. The Labute approximate surface area is 155 Å². The fraction of sp³-hybridized carbons (Fsp3) is 0.455. The molecule has 0 atom stereocenters. The van der Waals surface area contributed by atoms with Crippen LogP contribution in [-0.2, 0) is 6.54 Å². The second-order valence-electron chi connectivity index (χ2n) is 7.47. The molecule has 3 rings (SSSR count). The number of carbonyl (C=O) groups excluding carboxylic acids is 1. The zero-order chi connectivity index (χ0) is 18.7. The van der Waals surface area contributed by atoms with Crippen LogP contribution in [0.2, 0.25) is 0 Å². The van der Waals surface area contributed by atoms with Crippen LogP contribution in [0.1, 0.15) is 64.8 Å². The molecule has 1 aromatic carbocycles. The molecule has 138 valence electrons. The maximum atomic E-state index is 13.4. The number of aromatic nitrogens is 1. The smallest absolute Gasteiger partial charge is 0.261 e. The summed E-state index contributed by atoms with van der Waals surface area (Å²) in [5, 5.41) is 0. The monoisotopic (exact) mass is 352 g/mol. The van der Waals surface area contributed by atoms with Crippen LogP contribution < -0.4 is 5.56 Å². The highest BCUT2D eigenvalue weighted by atomic mass is 16.2. The average molecular weight is 352 g/mol. The summed E-state index contributed by atoms with van der Waals surface area (Å²) in [6, 6.07) is 10.1. The highest BCUT2D eigenvalue weighted by Gasteiger charge is 2.28. The van der Waals surface area contributed by atoms with Gasteiger partial charge in [-0.3, -0.25) is 9.59 Å². The molecular formula is C22H28N2O2. The summed E-state index contributed by atoms with van der Waals surface area (Å²) < 4.78 is 0. The Kier molecular flexibility index (Phi) is 5.60. The first-order chi connectivity index (χ1) is 12.5. The number of aromatic amines is 1. The molecule has 0 bridgehead atoms. The highest BCUT2D eigenvalue weighted by Crippen LogP contribution is 2.26. The number of aryl methyl sites for hydroxylation is 3. The lowest BCUT2D eigenvalue weighted by Gasteiger charge is -2.35. The highest BCUT2D eigenvalue weighted by molar-refractivity contribution is 5.94. The van der Waals surface area contributed by atoms with E-state index in [0.29, 0.717) is 6.54 Å². The molecule has 0 saturated heterocycles. The number of nitrogens with zero attached hydrogens (tertiary/aromatic N) is 1. The molecule has 0 spiro atoms. The Hall–Kier alpha value is -2.36. The summed E-state index contributed by atoms with van der Waals surface area (Å²) in [4.78, 5) is 30.5. The minimum Gasteiger partial charge on any atom is -0.331 e. The van der Waals surface area contributed by atoms with E-state index in [1.807, 2.05) is 30.9 Å². The van der Waals surface area contributed by atoms with Crippen LogP contribution in [0.25, 0.3) is 0 Å². The first-order valence-electron chi connectivity index (χ1n) is 9.53. The molecule has 4 nitrogen and oxygen atoms in total. The Bertz CT molecular complexity index is 847. The molecule has 1 N–H and O–H groups in total. The van der Waals surface area contributed by atoms with Crippen molar-refractivity contribution in [2.45, 2.75) is 65.5 Å². The van der Waals surface area contributed by atoms with Crippen molar-refractivity contribution in [3.8, 4) is 0 Å². The summed E-state index contributed by atoms with van der Waals surface area (Å²) in [5.74, 6) is -0.149. The SMILES string of the molecule is Cc1ccccc1CN(C(=O)c1cc(C)c(C)[nH]c1=O)C1CCCCC1. The second-order valence-corrected chi connectivity index (χ2v) is 7.47. The summed E-state index contributed by atoms with van der Waals surface area (Å²) >= 11 is 0. The first kappa shape index (κ1) is 18.4. The van der Waals surface area contributed by atoms with Crippen molar-refractivity contribution in [3.05, 3.63) is 68.6 Å². The van der Waals surface area contributed by atoms with E-state index in [-0.39, 0.29) is 23.1 Å². The number of carbonyl (C=O) groups is 1. The van der Waals surface area contributed by atoms with Gasteiger partial charge in [-0.1, -0.05) is 43.5 Å². The van der Waals surface area contributed by atoms with Gasteiger partial charge in [-0.15, -0.1) is 0 Å². The molecule has 1 saturated carbocycles. The molecular weight excluding hydrogens is 324 g/mol. The molecule has 1 aliphatic rings. The quantitative estimate of drug-likeness (QED) is 0.893. The molecule has 0 aliphatic heterocycles. The molecule has 2 aromatic rings. The lowest BCUT2D eigenvalue weighted by molar-refractivity contribution is 0.0612. The fourth-order valence-corrected chi connectivity index (χ4v) is 3.77. The Morgan fingerprint density at radius 2 is 1.77 bits per heavy atom. The van der Waals surface area contributed by atoms with E-state index in [2.05, 4.69) is 24.0 Å². The van der Waals surface area contributed by atoms with Gasteiger partial charge < -0.3 is 9.88 Å². The molecule has 1 amide bonds. The molecule has 1 aromatic heterocycles. The Balaban J connectivity index is 1.97. The van der Waals surface area contributed by atoms with E-state index in [9.17, 15) is 9.59 Å². The molecule has 0 radical (unpaired) electrons. The number of benzene rings is 1. The fourth-order valence-electron chi connectivity index (χ4n) is 3.77. The number of pyridine rings is 1. The van der Waals surface area contributed by atoms with Crippen LogP contribution in [-0.4, -0.2) is 21.8 Å². The van der Waals surface area contributed by atoms with Crippen molar-refractivity contribution in [2.75, 3.05) is 0 Å². The molecule has 1 aliphatic carbocycles. The van der Waals surface area contributed by atoms with E-state index >= 15 is 0 Å². The van der Waals surface area contributed by atoms with Crippen LogP contribution in [0.15, 0.2) is 35.1 Å². The van der Waals surface area contributed by atoms with Gasteiger partial charge in [0.2, 0.25) is 0 Å². The summed E-state index contributed by atoms with van der Waals surface area (Å²) in [5.41, 5.74) is 4.04. The molecule has 1 fully saturated rings. The van der Waals surface area contributed by atoms with Crippen molar-refractivity contribution in [3.63, 3.8) is 0 Å². The van der Waals surface area contributed by atoms with Crippen molar-refractivity contribution in [2.24, 2.45) is 0 Å². The number of hydrogen-bond acceptors (Lipinski definition) is 2. The van der Waals surface area contributed by atoms with E-state index in [4.69, 9.17) is 0 Å². The average Bonchev–Trinajstić information content (AvgIpc) is 2.64. The van der Waals surface area contributed by atoms with Gasteiger partial charge in [0.25, 0.3) is 11.5 Å². The maximum absolute atomic E-state index is 13.4. The van der Waals surface area contributed by atoms with Gasteiger partial charge >= 0.3 is 0 Å². The number of amides is 1. The molecule has 1 heterocycles. The lowest BCUT2D eigenvalue weighted by Crippen LogP contribution is -2.43. The normalized spacial score (nSPS) is 15.0. The molecule has 26 heavy (non-hydrogen) atoms. The van der Waals surface area contributed by atoms with Gasteiger partial charge in [0.05, 0.1) is 0 Å². The minimum atomic E-state index is -0.288. The van der Waals surface area contributed by atoms with Crippen molar-refractivity contribution in [1.82, 2.24) is 9.88 Å². The van der Waals surface area contributed by atoms with Crippen LogP contribution in [0.4, 0.5) is 0 Å². The third-order valence-electron chi connectivity index (χ3n) is 5.61. The second kappa shape index (κ2) is 7.90. The van der Waals surface area contributed by atoms with Crippen LogP contribution in [0.3, 0.4) is 0 Å². The number of H-pyrrole nitrogens is 1. The van der Waals surface area contributed by atoms with E-state index < -0.39 is 0 Å². The van der Waals surface area contributed by atoms with E-state index in [0.717, 1.165) is 42.5 Å². The number of rotatable bonds is 4. The zero-order valence-corrected chi connectivity index (χ0v) is 16.0. The molecule has 4 heteroatoms. The Morgan fingerprint density at radius 1 is 1.08 bits per heavy atom. The summed E-state index contributed by atoms with van der Waals surface area (Å²) in [6.45, 7) is 6.41. The van der Waals surface area contributed by atoms with E-state index in [1.165, 1.54) is 12.0 Å². The third kappa shape index (κ3) is 3.90. The summed E-state index contributed by atoms with van der Waals surface area (Å²) in [7, 11) is 0. The van der Waals surface area contributed by atoms with E-state index in [1.54, 1.807) is 6.07 Å². The molecule has 0 unspecified atom stereocenters. The maximum Gasteiger partial charge on any atom is 0.261 e. The van der Waals surface area contributed by atoms with Crippen LogP contribution in [0, 0.1) is 20.8 Å². The van der Waals surface area contributed by atoms with Gasteiger partial charge in [-0.25, -0.2) is 0 Å². The van der Waals surface area contributed by atoms with Gasteiger partial charge in [0.15, 0.2) is 0 Å². The summed E-state index contributed by atoms with van der Waals surface area (Å²) in [6.07, 6.45) is 5.55. The van der Waals surface area contributed by atoms with Gasteiger partial charge in [-0.05, 0) is 56.4 Å². The van der Waals surface area contributed by atoms with Crippen molar-refractivity contribution in [1.29, 1.82) is 0 Å². The standard InChI is InChI=1S/C22H28N2O2/c1-15-9-7-8-10-18(15)14-24(19-11-5-4-6-12-19)22(26)20-13-16(2)17(3)23-21(20)25/h7-10,13,19H,4-6,11-12,14H2,1-3H3,(H,23,25). The van der Waals surface area contributed by atoms with Crippen LogP contribution in [0.5, 0.6) is 0 Å². The largest absolute Gasteiger partial charge is 0.331 e. The van der Waals surface area contributed by atoms with Gasteiger partial charge in [0.1, 0.15) is 5.56 Å². The van der Waals surface area contributed by atoms with Crippen LogP contribution >= 0.6 is 0 Å². The zero-order valence-electron chi connectivity index (χ0n) is 16.0. The number of nitrogens with one attached hydrogen (secondary N) is 1. The third-order valence-corrected chi connectivity index (χ3v) is 5.61. The number of hydrogen-bond donors (Lipinski definition) is 1. The predicted octanol–water partition coefficient (Wildman–Crippen LogP) is 4.28. The van der Waals surface area contributed by atoms with Gasteiger partial charge in [-0.2, -0.15) is 0 Å². The Morgan fingerprint density at radius 3 is 2.46 bits per heavy atom. The van der Waals surface area contributed by atoms with Gasteiger partial charge in [0, 0.05) is 18.3 Å². The van der Waals surface area contributed by atoms with Crippen molar-refractivity contribution < 1.29 is 4.79 Å².